The molecule has 2 nitrogen and oxygen atoms in total. The summed E-state index contributed by atoms with van der Waals surface area (Å²) in [5.74, 6) is 5.64. The maximum atomic E-state index is 5.64. The van der Waals surface area contributed by atoms with Crippen molar-refractivity contribution in [2.24, 2.45) is 5.84 Å². The van der Waals surface area contributed by atoms with Gasteiger partial charge in [-0.3, -0.25) is 11.3 Å². The second-order valence-corrected chi connectivity index (χ2v) is 5.69. The van der Waals surface area contributed by atoms with Crippen LogP contribution in [-0.2, 0) is 12.8 Å². The summed E-state index contributed by atoms with van der Waals surface area (Å²) in [5, 5.41) is 4.35. The van der Waals surface area contributed by atoms with Gasteiger partial charge >= 0.3 is 0 Å². The third-order valence-corrected chi connectivity index (χ3v) is 4.19. The monoisotopic (exact) mass is 274 g/mol. The highest BCUT2D eigenvalue weighted by atomic mass is 32.1. The Morgan fingerprint density at radius 1 is 1.00 bits per heavy atom. The van der Waals surface area contributed by atoms with E-state index in [-0.39, 0.29) is 0 Å². The van der Waals surface area contributed by atoms with Crippen LogP contribution in [0.1, 0.15) is 30.4 Å². The van der Waals surface area contributed by atoms with E-state index in [2.05, 4.69) is 52.6 Å². The van der Waals surface area contributed by atoms with Crippen LogP contribution >= 0.6 is 11.3 Å². The van der Waals surface area contributed by atoms with Gasteiger partial charge in [-0.15, -0.1) is 0 Å². The van der Waals surface area contributed by atoms with Crippen LogP contribution in [-0.4, -0.2) is 6.04 Å². The predicted molar refractivity (Wildman–Crippen MR) is 83.1 cm³/mol. The smallest absolute Gasteiger partial charge is 0.0213 e. The number of hydrazine groups is 1. The molecule has 0 amide bonds. The summed E-state index contributed by atoms with van der Waals surface area (Å²) < 4.78 is 0. The number of hydrogen-bond donors (Lipinski definition) is 2. The van der Waals surface area contributed by atoms with Gasteiger partial charge in [0, 0.05) is 6.04 Å². The van der Waals surface area contributed by atoms with Crippen LogP contribution in [0, 0.1) is 0 Å². The Kier molecular flexibility index (Phi) is 6.08. The van der Waals surface area contributed by atoms with Gasteiger partial charge in [-0.1, -0.05) is 30.3 Å². The summed E-state index contributed by atoms with van der Waals surface area (Å²) >= 11 is 1.76. The van der Waals surface area contributed by atoms with E-state index in [4.69, 9.17) is 5.84 Å². The van der Waals surface area contributed by atoms with Gasteiger partial charge in [0.25, 0.3) is 0 Å². The zero-order chi connectivity index (χ0) is 13.3. The van der Waals surface area contributed by atoms with Crippen LogP contribution in [0.25, 0.3) is 0 Å². The van der Waals surface area contributed by atoms with E-state index in [0.717, 1.165) is 25.7 Å². The van der Waals surface area contributed by atoms with E-state index in [1.54, 1.807) is 11.3 Å². The molecule has 1 aromatic heterocycles. The fourth-order valence-corrected chi connectivity index (χ4v) is 2.99. The lowest BCUT2D eigenvalue weighted by atomic mass is 10.0. The van der Waals surface area contributed by atoms with Crippen LogP contribution in [0.5, 0.6) is 0 Å². The topological polar surface area (TPSA) is 38.0 Å². The highest BCUT2D eigenvalue weighted by molar-refractivity contribution is 7.07. The number of rotatable bonds is 8. The van der Waals surface area contributed by atoms with Crippen LogP contribution in [0.4, 0.5) is 0 Å². The normalized spacial score (nSPS) is 12.5. The van der Waals surface area contributed by atoms with Crippen molar-refractivity contribution in [2.45, 2.75) is 38.1 Å². The third-order valence-electron chi connectivity index (χ3n) is 3.46. The van der Waals surface area contributed by atoms with Gasteiger partial charge < -0.3 is 0 Å². The van der Waals surface area contributed by atoms with Crippen LogP contribution < -0.4 is 11.3 Å². The van der Waals surface area contributed by atoms with Crippen molar-refractivity contribution in [3.05, 3.63) is 58.3 Å². The molecule has 3 N–H and O–H groups in total. The van der Waals surface area contributed by atoms with Crippen molar-refractivity contribution >= 4 is 11.3 Å². The van der Waals surface area contributed by atoms with Crippen LogP contribution in [0.2, 0.25) is 0 Å². The van der Waals surface area contributed by atoms with E-state index in [9.17, 15) is 0 Å². The highest BCUT2D eigenvalue weighted by Gasteiger charge is 2.07. The summed E-state index contributed by atoms with van der Waals surface area (Å²) in [5.41, 5.74) is 5.79. The van der Waals surface area contributed by atoms with Crippen molar-refractivity contribution in [3.63, 3.8) is 0 Å². The molecule has 2 aromatic rings. The molecule has 1 heterocycles. The van der Waals surface area contributed by atoms with Gasteiger partial charge in [0.05, 0.1) is 0 Å². The summed E-state index contributed by atoms with van der Waals surface area (Å²) in [6.45, 7) is 0. The highest BCUT2D eigenvalue weighted by Crippen LogP contribution is 2.13. The fraction of sp³-hybridized carbons (Fsp3) is 0.375. The first-order chi connectivity index (χ1) is 9.38. The lowest BCUT2D eigenvalue weighted by Crippen LogP contribution is -2.35. The number of aryl methyl sites for hydroxylation is 2. The Morgan fingerprint density at radius 2 is 1.84 bits per heavy atom. The lowest BCUT2D eigenvalue weighted by molar-refractivity contribution is 0.451. The number of nitrogens with two attached hydrogens (primary N) is 1. The largest absolute Gasteiger partial charge is 0.271 e. The summed E-state index contributed by atoms with van der Waals surface area (Å²) in [6.07, 6.45) is 5.68. The maximum Gasteiger partial charge on any atom is 0.0213 e. The minimum Gasteiger partial charge on any atom is -0.271 e. The van der Waals surface area contributed by atoms with Gasteiger partial charge in [0.1, 0.15) is 0 Å². The molecule has 102 valence electrons. The molecular weight excluding hydrogens is 252 g/mol. The molecule has 0 saturated carbocycles. The van der Waals surface area contributed by atoms with E-state index >= 15 is 0 Å². The first kappa shape index (κ1) is 14.3. The van der Waals surface area contributed by atoms with Gasteiger partial charge in [0.15, 0.2) is 0 Å². The van der Waals surface area contributed by atoms with Gasteiger partial charge in [-0.05, 0) is 60.1 Å². The molecule has 3 heteroatoms. The summed E-state index contributed by atoms with van der Waals surface area (Å²) in [6, 6.07) is 13.3. The first-order valence-electron chi connectivity index (χ1n) is 6.89. The quantitative estimate of drug-likeness (QED) is 0.571. The summed E-state index contributed by atoms with van der Waals surface area (Å²) in [4.78, 5) is 0. The molecule has 0 saturated heterocycles. The SMILES string of the molecule is NNC(CCCc1ccccc1)CCc1ccsc1. The van der Waals surface area contributed by atoms with Gasteiger partial charge in [-0.2, -0.15) is 11.3 Å². The molecule has 1 aromatic carbocycles. The van der Waals surface area contributed by atoms with E-state index < -0.39 is 0 Å². The van der Waals surface area contributed by atoms with Gasteiger partial charge in [0.2, 0.25) is 0 Å². The van der Waals surface area contributed by atoms with E-state index in [1.165, 1.54) is 17.5 Å². The Morgan fingerprint density at radius 3 is 2.53 bits per heavy atom. The zero-order valence-electron chi connectivity index (χ0n) is 11.2. The van der Waals surface area contributed by atoms with Crippen molar-refractivity contribution in [2.75, 3.05) is 0 Å². The van der Waals surface area contributed by atoms with Crippen molar-refractivity contribution in [1.29, 1.82) is 0 Å². The Balaban J connectivity index is 1.67. The summed E-state index contributed by atoms with van der Waals surface area (Å²) in [7, 11) is 0. The average Bonchev–Trinajstić information content (AvgIpc) is 2.97. The lowest BCUT2D eigenvalue weighted by Gasteiger charge is -2.15. The number of benzene rings is 1. The Labute approximate surface area is 119 Å². The minimum atomic E-state index is 0.420. The minimum absolute atomic E-state index is 0.420. The molecule has 0 aliphatic carbocycles. The first-order valence-corrected chi connectivity index (χ1v) is 7.84. The Hall–Kier alpha value is -1.16. The van der Waals surface area contributed by atoms with E-state index in [1.807, 2.05) is 0 Å². The van der Waals surface area contributed by atoms with E-state index in [0.29, 0.717) is 6.04 Å². The molecule has 1 atom stereocenters. The Bertz CT molecular complexity index is 439. The standard InChI is InChI=1S/C16H22N2S/c17-18-16(10-9-15-11-12-19-13-15)8-4-7-14-5-2-1-3-6-14/h1-3,5-6,11-13,16,18H,4,7-10,17H2. The number of nitrogens with one attached hydrogen (secondary N) is 1. The molecule has 2 rings (SSSR count). The molecule has 0 bridgehead atoms. The second kappa shape index (κ2) is 8.10. The molecule has 0 radical (unpaired) electrons. The fourth-order valence-electron chi connectivity index (χ4n) is 2.28. The molecule has 0 aliphatic heterocycles. The maximum absolute atomic E-state index is 5.64. The second-order valence-electron chi connectivity index (χ2n) is 4.91. The van der Waals surface area contributed by atoms with Crippen LogP contribution in [0.3, 0.4) is 0 Å². The molecular formula is C16H22N2S. The molecule has 19 heavy (non-hydrogen) atoms. The van der Waals surface area contributed by atoms with Crippen molar-refractivity contribution in [3.8, 4) is 0 Å². The van der Waals surface area contributed by atoms with Crippen LogP contribution in [0.15, 0.2) is 47.2 Å². The number of thiophene rings is 1. The molecule has 0 aliphatic rings. The zero-order valence-corrected chi connectivity index (χ0v) is 12.0. The molecule has 0 spiro atoms. The van der Waals surface area contributed by atoms with Gasteiger partial charge in [-0.25, -0.2) is 0 Å². The number of hydrogen-bond acceptors (Lipinski definition) is 3. The molecule has 0 fully saturated rings. The predicted octanol–water partition coefficient (Wildman–Crippen LogP) is 3.54. The third kappa shape index (κ3) is 5.15. The van der Waals surface area contributed by atoms with Crippen molar-refractivity contribution in [1.82, 2.24) is 5.43 Å². The van der Waals surface area contributed by atoms with Crippen molar-refractivity contribution < 1.29 is 0 Å². The molecule has 1 unspecified atom stereocenters. The average molecular weight is 274 g/mol.